The summed E-state index contributed by atoms with van der Waals surface area (Å²) in [5, 5.41) is 0. The monoisotopic (exact) mass is 285 g/mol. The van der Waals surface area contributed by atoms with Crippen LogP contribution in [-0.2, 0) is 0 Å². The van der Waals surface area contributed by atoms with Crippen molar-refractivity contribution < 1.29 is 0 Å². The zero-order valence-electron chi connectivity index (χ0n) is 16.5. The third kappa shape index (κ3) is 169. The van der Waals surface area contributed by atoms with Gasteiger partial charge in [-0.2, -0.15) is 0 Å². The highest BCUT2D eigenvalue weighted by atomic mass is 14.6. The standard InChI is InChI=1S/C5H5N.2C4H10.3C2H6/c1-2-4-6-5-3-1;2*1-4(2)3;3*1-2/h1-5H;2*4H,1-3H3;3*1-2H3. The summed E-state index contributed by atoms with van der Waals surface area (Å²) >= 11 is 0. The Morgan fingerprint density at radius 1 is 0.500 bits per heavy atom. The summed E-state index contributed by atoms with van der Waals surface area (Å²) < 4.78 is 0. The number of hydrogen-bond acceptors (Lipinski definition) is 1. The average molecular weight is 286 g/mol. The Kier molecular flexibility index (Phi) is 67.6. The molecule has 0 aromatic carbocycles. The predicted octanol–water partition coefficient (Wildman–Crippen LogP) is 7.48. The molecule has 0 aliphatic rings. The van der Waals surface area contributed by atoms with E-state index in [0.717, 1.165) is 11.8 Å². The minimum absolute atomic E-state index is 0.833. The summed E-state index contributed by atoms with van der Waals surface area (Å²) in [6, 6.07) is 5.72. The molecule has 1 rings (SSSR count). The van der Waals surface area contributed by atoms with Crippen molar-refractivity contribution in [3.63, 3.8) is 0 Å². The van der Waals surface area contributed by atoms with E-state index < -0.39 is 0 Å². The summed E-state index contributed by atoms with van der Waals surface area (Å²) in [6.45, 7) is 25.0. The maximum Gasteiger partial charge on any atom is 0.0267 e. The predicted molar refractivity (Wildman–Crippen MR) is 99.3 cm³/mol. The minimum Gasteiger partial charge on any atom is -0.265 e. The molecular weight excluding hydrogens is 242 g/mol. The van der Waals surface area contributed by atoms with Crippen LogP contribution in [0.5, 0.6) is 0 Å². The van der Waals surface area contributed by atoms with E-state index >= 15 is 0 Å². The Morgan fingerprint density at radius 3 is 0.750 bits per heavy atom. The van der Waals surface area contributed by atoms with Crippen molar-refractivity contribution in [2.24, 2.45) is 11.8 Å². The largest absolute Gasteiger partial charge is 0.265 e. The average Bonchev–Trinajstić information content (AvgIpc) is 2.46. The van der Waals surface area contributed by atoms with Crippen molar-refractivity contribution in [1.82, 2.24) is 4.98 Å². The normalized spacial score (nSPS) is 6.90. The molecule has 124 valence electrons. The van der Waals surface area contributed by atoms with Gasteiger partial charge >= 0.3 is 0 Å². The fourth-order valence-electron chi connectivity index (χ4n) is 0.313. The Labute approximate surface area is 131 Å². The molecule has 0 radical (unpaired) electrons. The summed E-state index contributed by atoms with van der Waals surface area (Å²) in [7, 11) is 0. The van der Waals surface area contributed by atoms with Crippen LogP contribution in [0.25, 0.3) is 0 Å². The molecule has 1 heterocycles. The topological polar surface area (TPSA) is 12.9 Å². The van der Waals surface area contributed by atoms with Gasteiger partial charge in [-0.3, -0.25) is 4.98 Å². The second kappa shape index (κ2) is 42.9. The van der Waals surface area contributed by atoms with E-state index in [1.165, 1.54) is 0 Å². The highest BCUT2D eigenvalue weighted by Gasteiger charge is 1.68. The summed E-state index contributed by atoms with van der Waals surface area (Å²) in [5.41, 5.74) is 0. The van der Waals surface area contributed by atoms with Gasteiger partial charge in [-0.1, -0.05) is 89.2 Å². The van der Waals surface area contributed by atoms with Crippen molar-refractivity contribution in [3.8, 4) is 0 Å². The maximum absolute atomic E-state index is 3.78. The Morgan fingerprint density at radius 2 is 0.700 bits per heavy atom. The fourth-order valence-corrected chi connectivity index (χ4v) is 0.313. The lowest BCUT2D eigenvalue weighted by Gasteiger charge is -1.79. The molecule has 20 heavy (non-hydrogen) atoms. The molecule has 1 nitrogen and oxygen atoms in total. The lowest BCUT2D eigenvalue weighted by molar-refractivity contribution is 0.736. The molecule has 1 aromatic rings. The first kappa shape index (κ1) is 31.5. The molecule has 0 N–H and O–H groups in total. The Balaban J connectivity index is -0.0000000485. The van der Waals surface area contributed by atoms with Crippen LogP contribution in [0.2, 0.25) is 0 Å². The molecule has 1 aromatic heterocycles. The van der Waals surface area contributed by atoms with E-state index in [4.69, 9.17) is 0 Å². The van der Waals surface area contributed by atoms with E-state index in [-0.39, 0.29) is 0 Å². The maximum atomic E-state index is 3.78. The van der Waals surface area contributed by atoms with Crippen molar-refractivity contribution in [3.05, 3.63) is 30.6 Å². The lowest BCUT2D eigenvalue weighted by atomic mass is 10.3. The van der Waals surface area contributed by atoms with Gasteiger partial charge in [-0.25, -0.2) is 0 Å². The Bertz CT molecular complexity index is 130. The summed E-state index contributed by atoms with van der Waals surface area (Å²) in [4.78, 5) is 3.78. The lowest BCUT2D eigenvalue weighted by Crippen LogP contribution is -1.66. The highest BCUT2D eigenvalue weighted by molar-refractivity contribution is 4.88. The van der Waals surface area contributed by atoms with E-state index in [2.05, 4.69) is 46.5 Å². The number of hydrogen-bond donors (Lipinski definition) is 0. The van der Waals surface area contributed by atoms with Crippen molar-refractivity contribution in [2.75, 3.05) is 0 Å². The second-order valence-corrected chi connectivity index (χ2v) is 4.49. The van der Waals surface area contributed by atoms with Crippen LogP contribution >= 0.6 is 0 Å². The van der Waals surface area contributed by atoms with Crippen LogP contribution in [-0.4, -0.2) is 4.98 Å². The van der Waals surface area contributed by atoms with Gasteiger partial charge in [0, 0.05) is 12.4 Å². The van der Waals surface area contributed by atoms with Gasteiger partial charge < -0.3 is 0 Å². The fraction of sp³-hybridized carbons (Fsp3) is 0.737. The number of rotatable bonds is 0. The Hall–Kier alpha value is -0.850. The van der Waals surface area contributed by atoms with Crippen LogP contribution in [0.4, 0.5) is 0 Å². The summed E-state index contributed by atoms with van der Waals surface area (Å²) in [6.07, 6.45) is 3.50. The zero-order valence-corrected chi connectivity index (χ0v) is 16.5. The smallest absolute Gasteiger partial charge is 0.0267 e. The minimum atomic E-state index is 0.833. The molecule has 0 saturated heterocycles. The first-order chi connectivity index (χ1) is 9.46. The van der Waals surface area contributed by atoms with Crippen molar-refractivity contribution >= 4 is 0 Å². The molecule has 1 heteroatoms. The van der Waals surface area contributed by atoms with E-state index in [1.807, 2.05) is 59.7 Å². The van der Waals surface area contributed by atoms with E-state index in [9.17, 15) is 0 Å². The highest BCUT2D eigenvalue weighted by Crippen LogP contribution is 1.81. The van der Waals surface area contributed by atoms with Gasteiger partial charge in [-0.05, 0) is 24.0 Å². The summed E-state index contributed by atoms with van der Waals surface area (Å²) in [5.74, 6) is 1.67. The first-order valence-corrected chi connectivity index (χ1v) is 8.31. The van der Waals surface area contributed by atoms with Crippen LogP contribution in [0.15, 0.2) is 30.6 Å². The van der Waals surface area contributed by atoms with Crippen molar-refractivity contribution in [2.45, 2.75) is 83.1 Å². The molecule has 0 aliphatic carbocycles. The van der Waals surface area contributed by atoms with Gasteiger partial charge in [0.15, 0.2) is 0 Å². The van der Waals surface area contributed by atoms with Crippen LogP contribution in [0.3, 0.4) is 0 Å². The molecule has 0 unspecified atom stereocenters. The van der Waals surface area contributed by atoms with Gasteiger partial charge in [0.05, 0.1) is 0 Å². The SMILES string of the molecule is CC.CC.CC.CC(C)C.CC(C)C.c1ccncc1. The molecule has 0 spiro atoms. The van der Waals surface area contributed by atoms with E-state index in [1.54, 1.807) is 12.4 Å². The van der Waals surface area contributed by atoms with Crippen LogP contribution < -0.4 is 0 Å². The number of nitrogens with zero attached hydrogens (tertiary/aromatic N) is 1. The molecule has 0 aliphatic heterocycles. The first-order valence-electron chi connectivity index (χ1n) is 8.31. The van der Waals surface area contributed by atoms with E-state index in [0.29, 0.717) is 0 Å². The second-order valence-electron chi connectivity index (χ2n) is 4.49. The number of pyridine rings is 1. The van der Waals surface area contributed by atoms with Gasteiger partial charge in [0.1, 0.15) is 0 Å². The zero-order chi connectivity index (χ0) is 17.4. The molecule has 0 amide bonds. The van der Waals surface area contributed by atoms with Crippen LogP contribution in [0, 0.1) is 11.8 Å². The third-order valence-corrected chi connectivity index (χ3v) is 0.566. The van der Waals surface area contributed by atoms with Crippen molar-refractivity contribution in [1.29, 1.82) is 0 Å². The molecule has 0 bridgehead atoms. The molecule has 0 fully saturated rings. The molecule has 0 atom stereocenters. The van der Waals surface area contributed by atoms with Crippen LogP contribution in [0.1, 0.15) is 83.1 Å². The number of aromatic nitrogens is 1. The van der Waals surface area contributed by atoms with Gasteiger partial charge in [0.25, 0.3) is 0 Å². The quantitative estimate of drug-likeness (QED) is 0.481. The molecule has 0 saturated carbocycles. The molecular formula is C19H43N. The van der Waals surface area contributed by atoms with Gasteiger partial charge in [0.2, 0.25) is 0 Å². The van der Waals surface area contributed by atoms with Gasteiger partial charge in [-0.15, -0.1) is 0 Å². The third-order valence-electron chi connectivity index (χ3n) is 0.566.